The Morgan fingerprint density at radius 1 is 1.29 bits per heavy atom. The van der Waals surface area contributed by atoms with Crippen molar-refractivity contribution < 1.29 is 5.11 Å². The lowest BCUT2D eigenvalue weighted by Gasteiger charge is -2.26. The molecule has 0 aromatic heterocycles. The topological polar surface area (TPSA) is 58.3 Å². The van der Waals surface area contributed by atoms with E-state index in [1.165, 1.54) is 5.56 Å². The number of anilines is 2. The van der Waals surface area contributed by atoms with Crippen molar-refractivity contribution in [3.05, 3.63) is 23.8 Å². The summed E-state index contributed by atoms with van der Waals surface area (Å²) in [4.78, 5) is 0. The number of hydrogen-bond acceptors (Lipinski definition) is 3. The first kappa shape index (κ1) is 12.2. The summed E-state index contributed by atoms with van der Waals surface area (Å²) in [6.07, 6.45) is 4.03. The van der Waals surface area contributed by atoms with Gasteiger partial charge in [-0.1, -0.05) is 6.07 Å². The Balaban J connectivity index is 1.85. The summed E-state index contributed by atoms with van der Waals surface area (Å²) in [5.74, 6) is 0.666. The van der Waals surface area contributed by atoms with Crippen molar-refractivity contribution in [3.8, 4) is 0 Å². The van der Waals surface area contributed by atoms with Gasteiger partial charge in [-0.3, -0.25) is 0 Å². The molecule has 0 radical (unpaired) electrons. The van der Waals surface area contributed by atoms with Gasteiger partial charge in [0.1, 0.15) is 0 Å². The summed E-state index contributed by atoms with van der Waals surface area (Å²) in [6.45, 7) is 3.00. The number of aliphatic hydroxyl groups excluding tert-OH is 1. The first-order valence-electron chi connectivity index (χ1n) is 6.43. The zero-order valence-electron chi connectivity index (χ0n) is 10.4. The second-order valence-electron chi connectivity index (χ2n) is 5.15. The van der Waals surface area contributed by atoms with Crippen LogP contribution in [0.3, 0.4) is 0 Å². The highest BCUT2D eigenvalue weighted by molar-refractivity contribution is 5.66. The normalized spacial score (nSPS) is 24.6. The molecule has 2 rings (SSSR count). The van der Waals surface area contributed by atoms with Crippen LogP contribution < -0.4 is 11.1 Å². The van der Waals surface area contributed by atoms with Gasteiger partial charge < -0.3 is 16.2 Å². The highest BCUT2D eigenvalue weighted by Gasteiger charge is 2.19. The average molecular weight is 234 g/mol. The number of benzene rings is 1. The summed E-state index contributed by atoms with van der Waals surface area (Å²) in [6, 6.07) is 6.11. The molecule has 0 saturated heterocycles. The van der Waals surface area contributed by atoms with Gasteiger partial charge in [-0.05, 0) is 56.2 Å². The van der Waals surface area contributed by atoms with Crippen LogP contribution in [0, 0.1) is 12.8 Å². The molecular formula is C14H22N2O. The van der Waals surface area contributed by atoms with Crippen molar-refractivity contribution in [1.29, 1.82) is 0 Å². The molecule has 1 aliphatic rings. The number of hydrogen-bond donors (Lipinski definition) is 3. The summed E-state index contributed by atoms with van der Waals surface area (Å²) in [5.41, 5.74) is 8.99. The number of nitrogens with one attached hydrogen (secondary N) is 1. The third-order valence-electron chi connectivity index (χ3n) is 3.60. The fraction of sp³-hybridized carbons (Fsp3) is 0.571. The number of nitrogen functional groups attached to an aromatic ring is 1. The molecule has 3 nitrogen and oxygen atoms in total. The van der Waals surface area contributed by atoms with E-state index in [0.29, 0.717) is 5.92 Å². The zero-order valence-corrected chi connectivity index (χ0v) is 10.4. The van der Waals surface area contributed by atoms with E-state index in [9.17, 15) is 5.11 Å². The molecule has 17 heavy (non-hydrogen) atoms. The highest BCUT2D eigenvalue weighted by Crippen LogP contribution is 2.26. The lowest BCUT2D eigenvalue weighted by atomic mass is 9.87. The second-order valence-corrected chi connectivity index (χ2v) is 5.15. The monoisotopic (exact) mass is 234 g/mol. The maximum absolute atomic E-state index is 9.45. The lowest BCUT2D eigenvalue weighted by molar-refractivity contribution is 0.111. The summed E-state index contributed by atoms with van der Waals surface area (Å²) in [5, 5.41) is 12.9. The molecule has 0 unspecified atom stereocenters. The second kappa shape index (κ2) is 5.41. The predicted molar refractivity (Wildman–Crippen MR) is 72.0 cm³/mol. The van der Waals surface area contributed by atoms with Crippen LogP contribution in [0.2, 0.25) is 0 Å². The smallest absolute Gasteiger partial charge is 0.0574 e. The summed E-state index contributed by atoms with van der Waals surface area (Å²) >= 11 is 0. The maximum atomic E-state index is 9.45. The molecule has 1 aliphatic carbocycles. The Kier molecular flexibility index (Phi) is 3.89. The molecule has 1 aromatic carbocycles. The Labute approximate surface area is 103 Å². The Morgan fingerprint density at radius 2 is 2.00 bits per heavy atom. The van der Waals surface area contributed by atoms with Gasteiger partial charge in [-0.2, -0.15) is 0 Å². The van der Waals surface area contributed by atoms with Crippen LogP contribution in [0.1, 0.15) is 31.2 Å². The predicted octanol–water partition coefficient (Wildman–Crippen LogP) is 2.54. The van der Waals surface area contributed by atoms with Crippen molar-refractivity contribution in [2.45, 2.75) is 38.7 Å². The first-order valence-corrected chi connectivity index (χ1v) is 6.43. The van der Waals surface area contributed by atoms with Crippen molar-refractivity contribution in [2.24, 2.45) is 5.92 Å². The van der Waals surface area contributed by atoms with Crippen LogP contribution in [0.25, 0.3) is 0 Å². The highest BCUT2D eigenvalue weighted by atomic mass is 16.3. The van der Waals surface area contributed by atoms with Crippen LogP contribution in [0.5, 0.6) is 0 Å². The van der Waals surface area contributed by atoms with Crippen molar-refractivity contribution in [3.63, 3.8) is 0 Å². The molecule has 1 aromatic rings. The van der Waals surface area contributed by atoms with E-state index in [-0.39, 0.29) is 6.10 Å². The minimum atomic E-state index is -0.0734. The maximum Gasteiger partial charge on any atom is 0.0574 e. The van der Waals surface area contributed by atoms with E-state index in [4.69, 9.17) is 5.73 Å². The molecule has 0 heterocycles. The number of aliphatic hydroxyl groups is 1. The molecule has 3 heteroatoms. The number of rotatable bonds is 3. The van der Waals surface area contributed by atoms with Gasteiger partial charge in [0.25, 0.3) is 0 Å². The molecule has 94 valence electrons. The van der Waals surface area contributed by atoms with Crippen LogP contribution in [0.15, 0.2) is 18.2 Å². The fourth-order valence-electron chi connectivity index (χ4n) is 2.45. The van der Waals surface area contributed by atoms with Gasteiger partial charge in [0, 0.05) is 6.54 Å². The first-order chi connectivity index (χ1) is 8.15. The van der Waals surface area contributed by atoms with Gasteiger partial charge in [0.2, 0.25) is 0 Å². The molecule has 1 saturated carbocycles. The third kappa shape index (κ3) is 3.37. The Morgan fingerprint density at radius 3 is 2.65 bits per heavy atom. The van der Waals surface area contributed by atoms with E-state index < -0.39 is 0 Å². The zero-order chi connectivity index (χ0) is 12.3. The summed E-state index contributed by atoms with van der Waals surface area (Å²) < 4.78 is 0. The van der Waals surface area contributed by atoms with Gasteiger partial charge in [0.15, 0.2) is 0 Å². The fourth-order valence-corrected chi connectivity index (χ4v) is 2.45. The summed E-state index contributed by atoms with van der Waals surface area (Å²) in [7, 11) is 0. The molecule has 0 amide bonds. The van der Waals surface area contributed by atoms with Crippen molar-refractivity contribution >= 4 is 11.4 Å². The van der Waals surface area contributed by atoms with Crippen LogP contribution in [-0.4, -0.2) is 17.8 Å². The van der Waals surface area contributed by atoms with E-state index in [2.05, 4.69) is 11.4 Å². The van der Waals surface area contributed by atoms with Crippen LogP contribution in [0.4, 0.5) is 11.4 Å². The third-order valence-corrected chi connectivity index (χ3v) is 3.60. The SMILES string of the molecule is Cc1ccc(NCC2CCC(O)CC2)c(N)c1. The van der Waals surface area contributed by atoms with E-state index >= 15 is 0 Å². The Hall–Kier alpha value is -1.22. The number of nitrogens with two attached hydrogens (primary N) is 1. The average Bonchev–Trinajstić information content (AvgIpc) is 2.30. The lowest BCUT2D eigenvalue weighted by Crippen LogP contribution is -2.23. The minimum Gasteiger partial charge on any atom is -0.397 e. The standard InChI is InChI=1S/C14H22N2O/c1-10-2-7-14(13(15)8-10)16-9-11-3-5-12(17)6-4-11/h2,7-8,11-12,16-17H,3-6,9,15H2,1H3. The van der Waals surface area contributed by atoms with E-state index in [1.807, 2.05) is 19.1 Å². The van der Waals surface area contributed by atoms with Gasteiger partial charge >= 0.3 is 0 Å². The molecule has 0 spiro atoms. The van der Waals surface area contributed by atoms with Crippen LogP contribution in [-0.2, 0) is 0 Å². The molecular weight excluding hydrogens is 212 g/mol. The van der Waals surface area contributed by atoms with Gasteiger partial charge in [0.05, 0.1) is 17.5 Å². The molecule has 0 atom stereocenters. The van der Waals surface area contributed by atoms with Crippen molar-refractivity contribution in [1.82, 2.24) is 0 Å². The van der Waals surface area contributed by atoms with E-state index in [0.717, 1.165) is 43.6 Å². The quantitative estimate of drug-likeness (QED) is 0.704. The molecule has 0 aliphatic heterocycles. The molecule has 1 fully saturated rings. The molecule has 4 N–H and O–H groups in total. The van der Waals surface area contributed by atoms with Gasteiger partial charge in [-0.25, -0.2) is 0 Å². The van der Waals surface area contributed by atoms with E-state index in [1.54, 1.807) is 0 Å². The largest absolute Gasteiger partial charge is 0.397 e. The number of aryl methyl sites for hydroxylation is 1. The minimum absolute atomic E-state index is 0.0734. The Bertz CT molecular complexity index is 370. The van der Waals surface area contributed by atoms with Gasteiger partial charge in [-0.15, -0.1) is 0 Å². The van der Waals surface area contributed by atoms with Crippen LogP contribution >= 0.6 is 0 Å². The van der Waals surface area contributed by atoms with Crippen molar-refractivity contribution in [2.75, 3.05) is 17.6 Å². The molecule has 0 bridgehead atoms.